The van der Waals surface area contributed by atoms with Gasteiger partial charge in [-0.05, 0) is 18.7 Å². The van der Waals surface area contributed by atoms with Gasteiger partial charge in [0.05, 0.1) is 5.69 Å². The smallest absolute Gasteiger partial charge is 0.138 e. The van der Waals surface area contributed by atoms with Crippen LogP contribution in [0.5, 0.6) is 0 Å². The monoisotopic (exact) mass is 473 g/mol. The Morgan fingerprint density at radius 1 is 1.35 bits per heavy atom. The molecule has 0 amide bonds. The van der Waals surface area contributed by atoms with E-state index in [4.69, 9.17) is 0 Å². The number of rotatable bonds is 2. The van der Waals surface area contributed by atoms with Crippen LogP contribution in [0.4, 0.5) is 4.39 Å². The van der Waals surface area contributed by atoms with Crippen LogP contribution in [0.1, 0.15) is 18.8 Å². The van der Waals surface area contributed by atoms with E-state index in [0.29, 0.717) is 5.69 Å². The number of aromatic nitrogens is 1. The van der Waals surface area contributed by atoms with Crippen LogP contribution >= 0.6 is 15.9 Å². The van der Waals surface area contributed by atoms with Gasteiger partial charge in [-0.2, -0.15) is 0 Å². The van der Waals surface area contributed by atoms with Crippen molar-refractivity contribution in [2.24, 2.45) is 0 Å². The summed E-state index contributed by atoms with van der Waals surface area (Å²) in [6, 6.07) is 14.0. The van der Waals surface area contributed by atoms with Crippen LogP contribution in [-0.4, -0.2) is 4.98 Å². The van der Waals surface area contributed by atoms with Crippen LogP contribution < -0.4 is 0 Å². The molecule has 0 radical (unpaired) electrons. The van der Waals surface area contributed by atoms with E-state index in [0.717, 1.165) is 15.7 Å². The molecule has 1 aromatic carbocycles. The summed E-state index contributed by atoms with van der Waals surface area (Å²) in [5, 5.41) is 0. The first-order valence-electron chi connectivity index (χ1n) is 4.95. The summed E-state index contributed by atoms with van der Waals surface area (Å²) in [5.41, 5.74) is 2.05. The molecule has 0 aliphatic heterocycles. The molecule has 1 heterocycles. The summed E-state index contributed by atoms with van der Waals surface area (Å²) in [5.74, 6) is 0. The Kier molecular flexibility index (Phi) is 5.48. The van der Waals surface area contributed by atoms with Crippen molar-refractivity contribution in [3.05, 3.63) is 52.6 Å². The fourth-order valence-corrected chi connectivity index (χ4v) is 1.77. The maximum absolute atomic E-state index is 13.1. The molecule has 0 saturated carbocycles. The SMILES string of the molecule is CC(F)c1cccc(-c2[c-]ccc(Br)c2)n1.[Pt]. The Morgan fingerprint density at radius 3 is 2.76 bits per heavy atom. The van der Waals surface area contributed by atoms with Crippen LogP contribution in [0.15, 0.2) is 40.9 Å². The molecular weight excluding hydrogens is 464 g/mol. The minimum atomic E-state index is -1.05. The first-order chi connectivity index (χ1) is 7.66. The Morgan fingerprint density at radius 2 is 2.12 bits per heavy atom. The number of alkyl halides is 1. The molecule has 92 valence electrons. The molecule has 0 N–H and O–H groups in total. The second-order valence-corrected chi connectivity index (χ2v) is 4.40. The minimum Gasteiger partial charge on any atom is -0.298 e. The maximum atomic E-state index is 13.1. The number of nitrogens with zero attached hydrogens (tertiary/aromatic N) is 1. The van der Waals surface area contributed by atoms with Crippen LogP contribution in [-0.2, 0) is 21.1 Å². The number of hydrogen-bond acceptors (Lipinski definition) is 1. The molecule has 1 atom stereocenters. The van der Waals surface area contributed by atoms with Gasteiger partial charge in [0.25, 0.3) is 0 Å². The topological polar surface area (TPSA) is 12.9 Å². The molecule has 4 heteroatoms. The molecule has 1 aromatic heterocycles. The largest absolute Gasteiger partial charge is 0.298 e. The summed E-state index contributed by atoms with van der Waals surface area (Å²) >= 11 is 3.39. The summed E-state index contributed by atoms with van der Waals surface area (Å²) in [6.07, 6.45) is -1.05. The van der Waals surface area contributed by atoms with Gasteiger partial charge >= 0.3 is 0 Å². The molecule has 0 aliphatic rings. The van der Waals surface area contributed by atoms with Crippen molar-refractivity contribution in [2.45, 2.75) is 13.1 Å². The van der Waals surface area contributed by atoms with Gasteiger partial charge in [-0.1, -0.05) is 32.5 Å². The van der Waals surface area contributed by atoms with Gasteiger partial charge in [-0.15, -0.1) is 29.8 Å². The van der Waals surface area contributed by atoms with Gasteiger partial charge in [0.15, 0.2) is 0 Å². The van der Waals surface area contributed by atoms with Crippen molar-refractivity contribution in [1.29, 1.82) is 0 Å². The molecule has 0 aliphatic carbocycles. The van der Waals surface area contributed by atoms with Crippen LogP contribution in [0.3, 0.4) is 0 Å². The molecule has 0 spiro atoms. The molecule has 0 bridgehead atoms. The third-order valence-electron chi connectivity index (χ3n) is 2.22. The van der Waals surface area contributed by atoms with Crippen molar-refractivity contribution < 1.29 is 25.5 Å². The molecule has 2 rings (SSSR count). The van der Waals surface area contributed by atoms with Gasteiger partial charge in [0.2, 0.25) is 0 Å². The van der Waals surface area contributed by atoms with Gasteiger partial charge < -0.3 is 0 Å². The van der Waals surface area contributed by atoms with E-state index < -0.39 is 6.17 Å². The summed E-state index contributed by atoms with van der Waals surface area (Å²) < 4.78 is 14.1. The zero-order valence-electron chi connectivity index (χ0n) is 9.06. The standard InChI is InChI=1S/C13H10BrFN.Pt/c1-9(15)12-6-3-7-13(16-12)10-4-2-5-11(14)8-10;/h2-3,5-9H,1H3;/q-1;. The zero-order chi connectivity index (χ0) is 11.5. The Hall–Kier alpha value is -0.532. The van der Waals surface area contributed by atoms with Crippen molar-refractivity contribution in [3.63, 3.8) is 0 Å². The molecule has 1 unspecified atom stereocenters. The fourth-order valence-electron chi connectivity index (χ4n) is 1.41. The minimum absolute atomic E-state index is 0. The van der Waals surface area contributed by atoms with E-state index >= 15 is 0 Å². The zero-order valence-corrected chi connectivity index (χ0v) is 12.9. The first-order valence-corrected chi connectivity index (χ1v) is 5.75. The van der Waals surface area contributed by atoms with Gasteiger partial charge in [0.1, 0.15) is 6.17 Å². The van der Waals surface area contributed by atoms with E-state index in [2.05, 4.69) is 27.0 Å². The van der Waals surface area contributed by atoms with Gasteiger partial charge in [-0.25, -0.2) is 4.39 Å². The normalized spacial score (nSPS) is 11.7. The Bertz CT molecular complexity index is 502. The van der Waals surface area contributed by atoms with Crippen molar-refractivity contribution in [3.8, 4) is 11.3 Å². The number of benzene rings is 1. The average molecular weight is 474 g/mol. The second kappa shape index (κ2) is 6.41. The van der Waals surface area contributed by atoms with Crippen molar-refractivity contribution >= 4 is 15.9 Å². The molecule has 0 fully saturated rings. The number of hydrogen-bond donors (Lipinski definition) is 0. The Labute approximate surface area is 123 Å². The van der Waals surface area contributed by atoms with Crippen LogP contribution in [0.2, 0.25) is 0 Å². The maximum Gasteiger partial charge on any atom is 0.138 e. The first kappa shape index (κ1) is 14.5. The van der Waals surface area contributed by atoms with E-state index in [1.165, 1.54) is 6.92 Å². The van der Waals surface area contributed by atoms with Crippen LogP contribution in [0, 0.1) is 6.07 Å². The van der Waals surface area contributed by atoms with Gasteiger partial charge in [-0.3, -0.25) is 4.98 Å². The molecule has 1 nitrogen and oxygen atoms in total. The number of halogens is 2. The predicted molar refractivity (Wildman–Crippen MR) is 65.7 cm³/mol. The quantitative estimate of drug-likeness (QED) is 0.591. The van der Waals surface area contributed by atoms with E-state index in [1.54, 1.807) is 6.07 Å². The Balaban J connectivity index is 0.00000144. The number of pyridine rings is 1. The summed E-state index contributed by atoms with van der Waals surface area (Å²) in [7, 11) is 0. The van der Waals surface area contributed by atoms with Crippen molar-refractivity contribution in [1.82, 2.24) is 4.98 Å². The average Bonchev–Trinajstić information content (AvgIpc) is 2.29. The third kappa shape index (κ3) is 3.72. The molecule has 2 aromatic rings. The molecule has 0 saturated heterocycles. The van der Waals surface area contributed by atoms with Crippen molar-refractivity contribution in [2.75, 3.05) is 0 Å². The summed E-state index contributed by atoms with van der Waals surface area (Å²) in [6.45, 7) is 1.48. The van der Waals surface area contributed by atoms with E-state index in [9.17, 15) is 4.39 Å². The van der Waals surface area contributed by atoms with E-state index in [-0.39, 0.29) is 21.1 Å². The predicted octanol–water partition coefficient (Wildman–Crippen LogP) is 4.34. The van der Waals surface area contributed by atoms with E-state index in [1.807, 2.05) is 30.3 Å². The fraction of sp³-hybridized carbons (Fsp3) is 0.154. The molecule has 17 heavy (non-hydrogen) atoms. The summed E-state index contributed by atoms with van der Waals surface area (Å²) in [4.78, 5) is 4.26. The van der Waals surface area contributed by atoms with Gasteiger partial charge in [0, 0.05) is 21.1 Å². The second-order valence-electron chi connectivity index (χ2n) is 3.48. The molecular formula is C13H10BrFNPt-. The van der Waals surface area contributed by atoms with Crippen LogP contribution in [0.25, 0.3) is 11.3 Å². The third-order valence-corrected chi connectivity index (χ3v) is 2.71.